The highest BCUT2D eigenvalue weighted by Crippen LogP contribution is 2.66. The zero-order valence-electron chi connectivity index (χ0n) is 29.8. The van der Waals surface area contributed by atoms with Gasteiger partial charge in [-0.1, -0.05) is 38.1 Å². The molecule has 1 unspecified atom stereocenters. The lowest BCUT2D eigenvalue weighted by atomic mass is 9.44. The van der Waals surface area contributed by atoms with Gasteiger partial charge in [-0.2, -0.15) is 0 Å². The van der Waals surface area contributed by atoms with Gasteiger partial charge in [0, 0.05) is 48.3 Å². The van der Waals surface area contributed by atoms with Gasteiger partial charge in [-0.15, -0.1) is 0 Å². The third-order valence-electron chi connectivity index (χ3n) is 14.7. The number of aryl methyl sites for hydroxylation is 1. The van der Waals surface area contributed by atoms with Crippen LogP contribution < -0.4 is 5.32 Å². The van der Waals surface area contributed by atoms with Crippen LogP contribution in [0.15, 0.2) is 36.4 Å². The number of ketones is 1. The summed E-state index contributed by atoms with van der Waals surface area (Å²) in [6.07, 6.45) is 16.1. The van der Waals surface area contributed by atoms with Crippen LogP contribution in [0, 0.1) is 46.2 Å². The SMILES string of the molecule is C[C@]12CCC(CCOCCCNCc3ccc(-c4[nH]c5cc(F)cc6c5c4CCCC6=O)cc3)C[C@@H]1CC[C@@H]1[C@@H]2CC[C@]2(C)[C@@H](O)CC[C@@H]12. The fourth-order valence-electron chi connectivity index (χ4n) is 11.9. The first-order valence-electron chi connectivity index (χ1n) is 19.7. The first-order chi connectivity index (χ1) is 23.7. The Kier molecular flexibility index (Phi) is 9.28. The minimum absolute atomic E-state index is 0.0356. The van der Waals surface area contributed by atoms with Gasteiger partial charge in [0.25, 0.3) is 0 Å². The number of hydrogen-bond acceptors (Lipinski definition) is 4. The number of Topliss-reactive ketones (excluding diaryl/α,β-unsaturated/α-hetero) is 1. The molecule has 6 heteroatoms. The number of rotatable bonds is 10. The van der Waals surface area contributed by atoms with Crippen LogP contribution in [0.3, 0.4) is 0 Å². The molecule has 5 aliphatic carbocycles. The fraction of sp³-hybridized carbons (Fsp3) is 0.651. The van der Waals surface area contributed by atoms with E-state index in [-0.39, 0.29) is 23.1 Å². The highest BCUT2D eigenvalue weighted by molar-refractivity contribution is 6.11. The lowest BCUT2D eigenvalue weighted by Gasteiger charge is -2.61. The second-order valence-corrected chi connectivity index (χ2v) is 17.2. The number of aromatic amines is 1. The van der Waals surface area contributed by atoms with E-state index >= 15 is 0 Å². The zero-order valence-corrected chi connectivity index (χ0v) is 29.8. The number of aromatic nitrogens is 1. The minimum Gasteiger partial charge on any atom is -0.393 e. The van der Waals surface area contributed by atoms with Gasteiger partial charge in [-0.25, -0.2) is 4.39 Å². The molecule has 0 spiro atoms. The summed E-state index contributed by atoms with van der Waals surface area (Å²) in [6.45, 7) is 8.50. The van der Waals surface area contributed by atoms with Crippen molar-refractivity contribution >= 4 is 16.7 Å². The maximum Gasteiger partial charge on any atom is 0.163 e. The number of aliphatic hydroxyl groups is 1. The van der Waals surface area contributed by atoms with E-state index in [2.05, 4.69) is 48.4 Å². The lowest BCUT2D eigenvalue weighted by molar-refractivity contribution is -0.127. The quantitative estimate of drug-likeness (QED) is 0.188. The van der Waals surface area contributed by atoms with Crippen molar-refractivity contribution in [1.29, 1.82) is 0 Å². The van der Waals surface area contributed by atoms with E-state index in [9.17, 15) is 14.3 Å². The van der Waals surface area contributed by atoms with Crippen LogP contribution in [0.1, 0.15) is 119 Å². The van der Waals surface area contributed by atoms with E-state index in [0.29, 0.717) is 22.9 Å². The summed E-state index contributed by atoms with van der Waals surface area (Å²) in [5.74, 6) is 3.85. The molecule has 5 aliphatic rings. The van der Waals surface area contributed by atoms with E-state index in [1.165, 1.54) is 75.5 Å². The molecule has 264 valence electrons. The van der Waals surface area contributed by atoms with Crippen molar-refractivity contribution in [3.8, 4) is 11.3 Å². The van der Waals surface area contributed by atoms with E-state index in [1.54, 1.807) is 0 Å². The van der Waals surface area contributed by atoms with Crippen LogP contribution in [0.4, 0.5) is 4.39 Å². The van der Waals surface area contributed by atoms with Crippen molar-refractivity contribution in [3.63, 3.8) is 0 Å². The summed E-state index contributed by atoms with van der Waals surface area (Å²) < 4.78 is 20.4. The van der Waals surface area contributed by atoms with Gasteiger partial charge >= 0.3 is 0 Å². The molecule has 4 saturated carbocycles. The third kappa shape index (κ3) is 6.12. The molecule has 4 fully saturated rings. The van der Waals surface area contributed by atoms with Crippen molar-refractivity contribution in [3.05, 3.63) is 58.9 Å². The third-order valence-corrected chi connectivity index (χ3v) is 14.7. The Bertz CT molecular complexity index is 1670. The Balaban J connectivity index is 0.753. The summed E-state index contributed by atoms with van der Waals surface area (Å²) in [6, 6.07) is 11.5. The van der Waals surface area contributed by atoms with Crippen molar-refractivity contribution in [2.24, 2.45) is 40.4 Å². The first-order valence-corrected chi connectivity index (χ1v) is 19.7. The molecule has 0 aliphatic heterocycles. The van der Waals surface area contributed by atoms with Gasteiger partial charge in [-0.05, 0) is 159 Å². The molecule has 3 aromatic rings. The number of fused-ring (bicyclic) bond motifs is 5. The second-order valence-electron chi connectivity index (χ2n) is 17.2. The van der Waals surface area contributed by atoms with E-state index in [4.69, 9.17) is 4.74 Å². The van der Waals surface area contributed by atoms with E-state index in [0.717, 1.165) is 104 Å². The average molecular weight is 669 g/mol. The van der Waals surface area contributed by atoms with Crippen LogP contribution in [0.25, 0.3) is 22.2 Å². The Morgan fingerprint density at radius 3 is 2.63 bits per heavy atom. The molecule has 0 bridgehead atoms. The summed E-state index contributed by atoms with van der Waals surface area (Å²) in [4.78, 5) is 16.0. The van der Waals surface area contributed by atoms with Crippen molar-refractivity contribution in [2.45, 2.75) is 116 Å². The lowest BCUT2D eigenvalue weighted by Crippen LogP contribution is -2.54. The normalized spacial score (nSPS) is 34.0. The van der Waals surface area contributed by atoms with E-state index < -0.39 is 0 Å². The highest BCUT2D eigenvalue weighted by Gasteiger charge is 2.60. The predicted octanol–water partition coefficient (Wildman–Crippen LogP) is 9.40. The van der Waals surface area contributed by atoms with Crippen LogP contribution in [-0.2, 0) is 17.7 Å². The number of carbonyl (C=O) groups is 1. The van der Waals surface area contributed by atoms with Gasteiger partial charge in [0.15, 0.2) is 5.78 Å². The molecule has 5 nitrogen and oxygen atoms in total. The summed E-state index contributed by atoms with van der Waals surface area (Å²) in [5.41, 5.74) is 6.38. The Morgan fingerprint density at radius 1 is 0.959 bits per heavy atom. The zero-order chi connectivity index (χ0) is 33.8. The predicted molar refractivity (Wildman–Crippen MR) is 194 cm³/mol. The fourth-order valence-corrected chi connectivity index (χ4v) is 11.9. The Labute approximate surface area is 292 Å². The van der Waals surface area contributed by atoms with Crippen molar-refractivity contribution < 1.29 is 19.0 Å². The van der Waals surface area contributed by atoms with Crippen LogP contribution >= 0.6 is 0 Å². The molecule has 3 N–H and O–H groups in total. The number of aliphatic hydroxyl groups excluding tert-OH is 1. The molecule has 2 aromatic carbocycles. The van der Waals surface area contributed by atoms with Gasteiger partial charge in [0.1, 0.15) is 5.82 Å². The first kappa shape index (κ1) is 33.6. The van der Waals surface area contributed by atoms with Gasteiger partial charge in [0.2, 0.25) is 0 Å². The Morgan fingerprint density at radius 2 is 1.78 bits per heavy atom. The maximum absolute atomic E-state index is 14.3. The maximum atomic E-state index is 14.3. The van der Waals surface area contributed by atoms with Crippen LogP contribution in [-0.4, -0.2) is 41.7 Å². The second kappa shape index (κ2) is 13.5. The number of hydrogen-bond donors (Lipinski definition) is 3. The smallest absolute Gasteiger partial charge is 0.163 e. The molecular weight excluding hydrogens is 611 g/mol. The molecule has 0 radical (unpaired) electrons. The molecule has 49 heavy (non-hydrogen) atoms. The highest BCUT2D eigenvalue weighted by atomic mass is 19.1. The topological polar surface area (TPSA) is 74.3 Å². The number of nitrogens with one attached hydrogen (secondary N) is 2. The number of H-pyrrole nitrogens is 1. The number of benzene rings is 2. The average Bonchev–Trinajstić information content (AvgIpc) is 3.55. The summed E-state index contributed by atoms with van der Waals surface area (Å²) in [5, 5.41) is 15.3. The van der Waals surface area contributed by atoms with Gasteiger partial charge in [0.05, 0.1) is 6.10 Å². The number of carbonyl (C=O) groups excluding carboxylic acids is 1. The van der Waals surface area contributed by atoms with Crippen LogP contribution in [0.5, 0.6) is 0 Å². The standard InChI is InChI=1S/C43H57FN2O3/c1-42-18-15-27(23-30(42)11-12-32-35-13-14-39(48)43(35,2)19-16-36(32)42)17-22-49-21-4-20-45-26-28-7-9-29(10-8-28)41-33-5-3-6-38(47)34-24-31(44)25-37(46-41)40(33)34/h7-10,24-25,27,30,32,35-36,39,45-46,48H,3-6,11-23,26H2,1-2H3/t27?,30-,32-,35-,36-,39-,42-,43-/m0/s1. The Hall–Kier alpha value is -2.54. The monoisotopic (exact) mass is 668 g/mol. The van der Waals surface area contributed by atoms with Gasteiger partial charge < -0.3 is 20.1 Å². The minimum atomic E-state index is -0.364. The summed E-state index contributed by atoms with van der Waals surface area (Å²) in [7, 11) is 0. The molecule has 0 amide bonds. The molecule has 0 saturated heterocycles. The molecule has 1 aromatic heterocycles. The molecule has 8 atom stereocenters. The molecular formula is C43H57FN2O3. The molecule has 8 rings (SSSR count). The molecule has 1 heterocycles. The van der Waals surface area contributed by atoms with Crippen molar-refractivity contribution in [1.82, 2.24) is 10.3 Å². The van der Waals surface area contributed by atoms with Crippen molar-refractivity contribution in [2.75, 3.05) is 19.8 Å². The van der Waals surface area contributed by atoms with E-state index in [1.807, 2.05) is 0 Å². The number of ether oxygens (including phenoxy) is 1. The summed E-state index contributed by atoms with van der Waals surface area (Å²) >= 11 is 0. The number of halogens is 1. The van der Waals surface area contributed by atoms with Gasteiger partial charge in [-0.3, -0.25) is 4.79 Å². The van der Waals surface area contributed by atoms with Crippen LogP contribution in [0.2, 0.25) is 0 Å². The largest absolute Gasteiger partial charge is 0.393 e.